The molecule has 0 bridgehead atoms. The Hall–Kier alpha value is -0.870. The highest BCUT2D eigenvalue weighted by atomic mass is 16.3. The molecule has 0 radical (unpaired) electrons. The third kappa shape index (κ3) is 4.42. The maximum atomic E-state index is 12.4. The Morgan fingerprint density at radius 2 is 2.00 bits per heavy atom. The Bertz CT molecular complexity index is 261. The first-order valence-corrected chi connectivity index (χ1v) is 6.95. The maximum absolute atomic E-state index is 12.4. The van der Waals surface area contributed by atoms with Gasteiger partial charge in [-0.2, -0.15) is 0 Å². The Morgan fingerprint density at radius 1 is 1.39 bits per heavy atom. The van der Waals surface area contributed by atoms with Crippen LogP contribution in [0.25, 0.3) is 0 Å². The van der Waals surface area contributed by atoms with Gasteiger partial charge in [0.15, 0.2) is 0 Å². The van der Waals surface area contributed by atoms with E-state index < -0.39 is 0 Å². The lowest BCUT2D eigenvalue weighted by atomic mass is 10.2. The summed E-state index contributed by atoms with van der Waals surface area (Å²) in [6.07, 6.45) is 6.46. The molecule has 104 valence electrons. The number of nitrogens with zero attached hydrogens (tertiary/aromatic N) is 2. The first kappa shape index (κ1) is 15.2. The van der Waals surface area contributed by atoms with Crippen molar-refractivity contribution in [2.75, 3.05) is 32.8 Å². The minimum Gasteiger partial charge on any atom is -0.395 e. The molecule has 0 spiro atoms. The fraction of sp³-hybridized carbons (Fsp3) is 0.786. The van der Waals surface area contributed by atoms with E-state index in [0.717, 1.165) is 25.9 Å². The van der Waals surface area contributed by atoms with Gasteiger partial charge in [-0.3, -0.25) is 9.69 Å². The predicted octanol–water partition coefficient (Wildman–Crippen LogP) is 1.26. The average Bonchev–Trinajstić information content (AvgIpc) is 2.65. The number of likely N-dealkylation sites (tertiary alicyclic amines) is 1. The summed E-state index contributed by atoms with van der Waals surface area (Å²) < 4.78 is 0. The first-order valence-electron chi connectivity index (χ1n) is 6.95. The van der Waals surface area contributed by atoms with E-state index in [1.807, 2.05) is 16.7 Å². The quantitative estimate of drug-likeness (QED) is 0.726. The van der Waals surface area contributed by atoms with Crippen molar-refractivity contribution in [3.05, 3.63) is 12.7 Å². The highest BCUT2D eigenvalue weighted by molar-refractivity contribution is 5.81. The summed E-state index contributed by atoms with van der Waals surface area (Å²) in [6, 6.07) is -0.173. The molecule has 1 amide bonds. The summed E-state index contributed by atoms with van der Waals surface area (Å²) in [4.78, 5) is 16.4. The number of hydrogen-bond acceptors (Lipinski definition) is 3. The summed E-state index contributed by atoms with van der Waals surface area (Å²) in [5.74, 6) is 0.187. The van der Waals surface area contributed by atoms with Crippen LogP contribution in [0.15, 0.2) is 12.7 Å². The van der Waals surface area contributed by atoms with E-state index in [1.54, 1.807) is 6.08 Å². The molecule has 1 aliphatic heterocycles. The second-order valence-electron chi connectivity index (χ2n) is 4.92. The molecule has 1 fully saturated rings. The van der Waals surface area contributed by atoms with Gasteiger partial charge in [-0.25, -0.2) is 0 Å². The molecule has 18 heavy (non-hydrogen) atoms. The number of amides is 1. The molecule has 1 atom stereocenters. The lowest BCUT2D eigenvalue weighted by molar-refractivity contribution is -0.136. The minimum atomic E-state index is -0.173. The van der Waals surface area contributed by atoms with E-state index in [4.69, 9.17) is 5.11 Å². The van der Waals surface area contributed by atoms with Crippen LogP contribution < -0.4 is 0 Å². The molecule has 0 saturated carbocycles. The van der Waals surface area contributed by atoms with Crippen molar-refractivity contribution in [3.63, 3.8) is 0 Å². The van der Waals surface area contributed by atoms with Gasteiger partial charge in [0.1, 0.15) is 0 Å². The van der Waals surface area contributed by atoms with Crippen LogP contribution in [0.1, 0.15) is 32.6 Å². The number of rotatable bonds is 6. The van der Waals surface area contributed by atoms with Crippen molar-refractivity contribution in [2.45, 2.75) is 38.6 Å². The lowest BCUT2D eigenvalue weighted by Crippen LogP contribution is -2.48. The van der Waals surface area contributed by atoms with Gasteiger partial charge < -0.3 is 10.0 Å². The van der Waals surface area contributed by atoms with E-state index in [1.165, 1.54) is 12.8 Å². The molecule has 1 heterocycles. The molecule has 0 aromatic rings. The number of carbonyl (C=O) groups is 1. The van der Waals surface area contributed by atoms with Crippen molar-refractivity contribution >= 4 is 5.91 Å². The summed E-state index contributed by atoms with van der Waals surface area (Å²) in [5, 5.41) is 9.05. The maximum Gasteiger partial charge on any atom is 0.239 e. The molecule has 0 aromatic heterocycles. The number of carbonyl (C=O) groups excluding carboxylic acids is 1. The molecule has 0 aromatic carbocycles. The SMILES string of the molecule is C=CCN(CCO)C(C)C(=O)N1CCCCCC1. The first-order chi connectivity index (χ1) is 8.70. The van der Waals surface area contributed by atoms with E-state index >= 15 is 0 Å². The molecular formula is C14H26N2O2. The zero-order chi connectivity index (χ0) is 13.4. The average molecular weight is 254 g/mol. The molecule has 4 nitrogen and oxygen atoms in total. The van der Waals surface area contributed by atoms with Crippen LogP contribution in [0, 0.1) is 0 Å². The van der Waals surface area contributed by atoms with Gasteiger partial charge in [0, 0.05) is 26.2 Å². The Labute approximate surface area is 110 Å². The van der Waals surface area contributed by atoms with Gasteiger partial charge in [0.25, 0.3) is 0 Å². The topological polar surface area (TPSA) is 43.8 Å². The van der Waals surface area contributed by atoms with Crippen molar-refractivity contribution in [1.29, 1.82) is 0 Å². The zero-order valence-corrected chi connectivity index (χ0v) is 11.5. The lowest BCUT2D eigenvalue weighted by Gasteiger charge is -2.31. The van der Waals surface area contributed by atoms with Gasteiger partial charge in [-0.15, -0.1) is 6.58 Å². The summed E-state index contributed by atoms with van der Waals surface area (Å²) in [7, 11) is 0. The molecule has 1 aliphatic rings. The number of hydrogen-bond donors (Lipinski definition) is 1. The normalized spacial score (nSPS) is 18.5. The highest BCUT2D eigenvalue weighted by Crippen LogP contribution is 2.12. The third-order valence-corrected chi connectivity index (χ3v) is 3.57. The van der Waals surface area contributed by atoms with Crippen molar-refractivity contribution < 1.29 is 9.90 Å². The summed E-state index contributed by atoms with van der Waals surface area (Å²) >= 11 is 0. The fourth-order valence-corrected chi connectivity index (χ4v) is 2.45. The van der Waals surface area contributed by atoms with Gasteiger partial charge in [-0.1, -0.05) is 18.9 Å². The van der Waals surface area contributed by atoms with E-state index in [9.17, 15) is 4.79 Å². The summed E-state index contributed by atoms with van der Waals surface area (Å²) in [6.45, 7) is 8.62. The standard InChI is InChI=1S/C14H26N2O2/c1-3-8-15(11-12-17)13(2)14(18)16-9-6-4-5-7-10-16/h3,13,17H,1,4-12H2,2H3. The Morgan fingerprint density at radius 3 is 2.50 bits per heavy atom. The Balaban J connectivity index is 2.58. The van der Waals surface area contributed by atoms with Gasteiger partial charge in [-0.05, 0) is 19.8 Å². The van der Waals surface area contributed by atoms with E-state index in [-0.39, 0.29) is 18.6 Å². The molecule has 0 aliphatic carbocycles. The molecular weight excluding hydrogens is 228 g/mol. The van der Waals surface area contributed by atoms with Crippen LogP contribution in [-0.4, -0.2) is 59.6 Å². The van der Waals surface area contributed by atoms with Gasteiger partial charge in [0.2, 0.25) is 5.91 Å². The molecule has 1 N–H and O–H groups in total. The van der Waals surface area contributed by atoms with Gasteiger partial charge >= 0.3 is 0 Å². The molecule has 1 saturated heterocycles. The predicted molar refractivity (Wildman–Crippen MR) is 73.4 cm³/mol. The minimum absolute atomic E-state index is 0.0749. The van der Waals surface area contributed by atoms with Crippen LogP contribution in [0.2, 0.25) is 0 Å². The highest BCUT2D eigenvalue weighted by Gasteiger charge is 2.25. The number of aliphatic hydroxyl groups is 1. The van der Waals surface area contributed by atoms with Crippen molar-refractivity contribution in [1.82, 2.24) is 9.80 Å². The smallest absolute Gasteiger partial charge is 0.239 e. The van der Waals surface area contributed by atoms with Crippen molar-refractivity contribution in [3.8, 4) is 0 Å². The van der Waals surface area contributed by atoms with Crippen LogP contribution in [0.4, 0.5) is 0 Å². The largest absolute Gasteiger partial charge is 0.395 e. The van der Waals surface area contributed by atoms with Crippen LogP contribution in [0.5, 0.6) is 0 Å². The monoisotopic (exact) mass is 254 g/mol. The van der Waals surface area contributed by atoms with E-state index in [2.05, 4.69) is 6.58 Å². The van der Waals surface area contributed by atoms with Crippen LogP contribution in [-0.2, 0) is 4.79 Å². The van der Waals surface area contributed by atoms with Gasteiger partial charge in [0.05, 0.1) is 12.6 Å². The molecule has 1 rings (SSSR count). The van der Waals surface area contributed by atoms with E-state index in [0.29, 0.717) is 13.1 Å². The molecule has 1 unspecified atom stereocenters. The second-order valence-corrected chi connectivity index (χ2v) is 4.92. The molecule has 4 heteroatoms. The Kier molecular flexibility index (Phi) is 6.98. The van der Waals surface area contributed by atoms with Crippen molar-refractivity contribution in [2.24, 2.45) is 0 Å². The fourth-order valence-electron chi connectivity index (χ4n) is 2.45. The zero-order valence-electron chi connectivity index (χ0n) is 11.5. The van der Waals surface area contributed by atoms with Crippen LogP contribution >= 0.6 is 0 Å². The summed E-state index contributed by atoms with van der Waals surface area (Å²) in [5.41, 5.74) is 0. The third-order valence-electron chi connectivity index (χ3n) is 3.57. The van der Waals surface area contributed by atoms with Crippen LogP contribution in [0.3, 0.4) is 0 Å². The second kappa shape index (κ2) is 8.27. The number of aliphatic hydroxyl groups excluding tert-OH is 1.